The van der Waals surface area contributed by atoms with Crippen molar-refractivity contribution in [1.29, 1.82) is 0 Å². The standard InChI is InChI=1S/C24H26N4O4/c1-27-11-10-25-23(27)22(16-6-4-8-19(12-16)31-2)26-24(30)17-13-21(29)28(15-17)18-7-5-9-20(14-18)32-3/h4-12,14,17,22H,13,15H2,1-3H3,(H,26,30). The molecule has 1 aliphatic heterocycles. The molecule has 3 aromatic rings. The number of hydrogen-bond donors (Lipinski definition) is 1. The van der Waals surface area contributed by atoms with E-state index in [0.717, 1.165) is 11.3 Å². The van der Waals surface area contributed by atoms with Gasteiger partial charge in [-0.1, -0.05) is 18.2 Å². The van der Waals surface area contributed by atoms with Crippen molar-refractivity contribution < 1.29 is 19.1 Å². The summed E-state index contributed by atoms with van der Waals surface area (Å²) in [5, 5.41) is 3.10. The summed E-state index contributed by atoms with van der Waals surface area (Å²) in [4.78, 5) is 32.0. The molecule has 1 saturated heterocycles. The zero-order chi connectivity index (χ0) is 22.7. The molecule has 2 atom stereocenters. The Labute approximate surface area is 186 Å². The van der Waals surface area contributed by atoms with Crippen LogP contribution < -0.4 is 19.7 Å². The molecule has 0 radical (unpaired) electrons. The Hall–Kier alpha value is -3.81. The number of rotatable bonds is 7. The van der Waals surface area contributed by atoms with Crippen molar-refractivity contribution >= 4 is 17.5 Å². The average molecular weight is 434 g/mol. The van der Waals surface area contributed by atoms with Crippen LogP contribution in [0.4, 0.5) is 5.69 Å². The molecular formula is C24H26N4O4. The van der Waals surface area contributed by atoms with Crippen LogP contribution in [0.15, 0.2) is 60.9 Å². The van der Waals surface area contributed by atoms with Gasteiger partial charge in [0.2, 0.25) is 11.8 Å². The van der Waals surface area contributed by atoms with Gasteiger partial charge < -0.3 is 24.3 Å². The Morgan fingerprint density at radius 1 is 1.12 bits per heavy atom. The zero-order valence-corrected chi connectivity index (χ0v) is 18.3. The molecule has 1 aliphatic rings. The van der Waals surface area contributed by atoms with Crippen LogP contribution in [0, 0.1) is 5.92 Å². The van der Waals surface area contributed by atoms with Crippen molar-refractivity contribution in [3.8, 4) is 11.5 Å². The van der Waals surface area contributed by atoms with Crippen LogP contribution in [-0.4, -0.2) is 42.1 Å². The first-order valence-electron chi connectivity index (χ1n) is 10.4. The summed E-state index contributed by atoms with van der Waals surface area (Å²) in [5.41, 5.74) is 1.57. The van der Waals surface area contributed by atoms with E-state index in [-0.39, 0.29) is 18.2 Å². The number of aryl methyl sites for hydroxylation is 1. The van der Waals surface area contributed by atoms with Crippen LogP contribution in [0.2, 0.25) is 0 Å². The van der Waals surface area contributed by atoms with Gasteiger partial charge in [0.05, 0.1) is 20.1 Å². The fraction of sp³-hybridized carbons (Fsp3) is 0.292. The minimum atomic E-state index is -0.474. The van der Waals surface area contributed by atoms with Gasteiger partial charge in [0.25, 0.3) is 0 Å². The normalized spacial score (nSPS) is 16.7. The molecule has 1 N–H and O–H groups in total. The van der Waals surface area contributed by atoms with Gasteiger partial charge >= 0.3 is 0 Å². The fourth-order valence-electron chi connectivity index (χ4n) is 3.94. The highest BCUT2D eigenvalue weighted by atomic mass is 16.5. The first kappa shape index (κ1) is 21.4. The number of anilines is 1. The van der Waals surface area contributed by atoms with Crippen LogP contribution >= 0.6 is 0 Å². The van der Waals surface area contributed by atoms with E-state index in [9.17, 15) is 9.59 Å². The predicted molar refractivity (Wildman–Crippen MR) is 120 cm³/mol. The molecule has 0 aliphatic carbocycles. The van der Waals surface area contributed by atoms with Crippen molar-refractivity contribution in [1.82, 2.24) is 14.9 Å². The maximum atomic E-state index is 13.3. The molecule has 32 heavy (non-hydrogen) atoms. The van der Waals surface area contributed by atoms with Crippen molar-refractivity contribution in [2.24, 2.45) is 13.0 Å². The van der Waals surface area contributed by atoms with Gasteiger partial charge in [0.1, 0.15) is 23.4 Å². The number of carbonyl (C=O) groups excluding carboxylic acids is 2. The van der Waals surface area contributed by atoms with Crippen LogP contribution in [0.3, 0.4) is 0 Å². The lowest BCUT2D eigenvalue weighted by atomic mass is 10.0. The number of methoxy groups -OCH3 is 2. The van der Waals surface area contributed by atoms with Crippen molar-refractivity contribution in [3.05, 3.63) is 72.3 Å². The van der Waals surface area contributed by atoms with Gasteiger partial charge in [0.15, 0.2) is 0 Å². The molecule has 1 aromatic heterocycles. The Morgan fingerprint density at radius 2 is 1.84 bits per heavy atom. The van der Waals surface area contributed by atoms with E-state index < -0.39 is 12.0 Å². The molecule has 0 spiro atoms. The second kappa shape index (κ2) is 9.13. The molecule has 2 heterocycles. The molecule has 166 valence electrons. The molecule has 8 heteroatoms. The molecule has 1 fully saturated rings. The summed E-state index contributed by atoms with van der Waals surface area (Å²) in [5.74, 6) is 1.29. The van der Waals surface area contributed by atoms with E-state index >= 15 is 0 Å². The summed E-state index contributed by atoms with van der Waals surface area (Å²) >= 11 is 0. The molecule has 8 nitrogen and oxygen atoms in total. The highest BCUT2D eigenvalue weighted by molar-refractivity contribution is 6.00. The Morgan fingerprint density at radius 3 is 2.53 bits per heavy atom. The zero-order valence-electron chi connectivity index (χ0n) is 18.3. The Balaban J connectivity index is 1.56. The molecule has 0 saturated carbocycles. The van der Waals surface area contributed by atoms with Gasteiger partial charge in [-0.2, -0.15) is 0 Å². The number of imidazole rings is 1. The second-order valence-corrected chi connectivity index (χ2v) is 7.72. The van der Waals surface area contributed by atoms with Gasteiger partial charge in [-0.25, -0.2) is 4.98 Å². The topological polar surface area (TPSA) is 85.7 Å². The number of carbonyl (C=O) groups is 2. The number of nitrogens with one attached hydrogen (secondary N) is 1. The van der Waals surface area contributed by atoms with Gasteiger partial charge in [-0.3, -0.25) is 9.59 Å². The number of benzene rings is 2. The maximum absolute atomic E-state index is 13.3. The molecule has 4 rings (SSSR count). The minimum absolute atomic E-state index is 0.0895. The Bertz CT molecular complexity index is 1130. The van der Waals surface area contributed by atoms with Crippen molar-refractivity contribution in [3.63, 3.8) is 0 Å². The van der Waals surface area contributed by atoms with Gasteiger partial charge in [0, 0.05) is 44.2 Å². The quantitative estimate of drug-likeness (QED) is 0.618. The smallest absolute Gasteiger partial charge is 0.227 e. The monoisotopic (exact) mass is 434 g/mol. The van der Waals surface area contributed by atoms with Crippen molar-refractivity contribution in [2.75, 3.05) is 25.7 Å². The van der Waals surface area contributed by atoms with Gasteiger partial charge in [-0.15, -0.1) is 0 Å². The fourth-order valence-corrected chi connectivity index (χ4v) is 3.94. The first-order valence-corrected chi connectivity index (χ1v) is 10.4. The highest BCUT2D eigenvalue weighted by Crippen LogP contribution is 2.30. The third-order valence-electron chi connectivity index (χ3n) is 5.69. The summed E-state index contributed by atoms with van der Waals surface area (Å²) in [6, 6.07) is 14.3. The molecular weight excluding hydrogens is 408 g/mol. The average Bonchev–Trinajstić information content (AvgIpc) is 3.42. The van der Waals surface area contributed by atoms with Crippen LogP contribution in [0.1, 0.15) is 23.9 Å². The van der Waals surface area contributed by atoms with E-state index in [0.29, 0.717) is 23.9 Å². The summed E-state index contributed by atoms with van der Waals surface area (Å²) in [6.07, 6.45) is 3.67. The molecule has 2 amide bonds. The number of hydrogen-bond acceptors (Lipinski definition) is 5. The van der Waals surface area contributed by atoms with E-state index in [2.05, 4.69) is 10.3 Å². The molecule has 2 aromatic carbocycles. The van der Waals surface area contributed by atoms with Crippen LogP contribution in [0.25, 0.3) is 0 Å². The summed E-state index contributed by atoms with van der Waals surface area (Å²) < 4.78 is 12.5. The second-order valence-electron chi connectivity index (χ2n) is 7.72. The van der Waals surface area contributed by atoms with Gasteiger partial charge in [-0.05, 0) is 29.8 Å². The van der Waals surface area contributed by atoms with Crippen LogP contribution in [-0.2, 0) is 16.6 Å². The first-order chi connectivity index (χ1) is 15.5. The Kier molecular flexibility index (Phi) is 6.11. The molecule has 0 bridgehead atoms. The predicted octanol–water partition coefficient (Wildman–Crippen LogP) is 2.70. The van der Waals surface area contributed by atoms with E-state index in [1.165, 1.54) is 0 Å². The highest BCUT2D eigenvalue weighted by Gasteiger charge is 2.36. The van der Waals surface area contributed by atoms with Crippen molar-refractivity contribution in [2.45, 2.75) is 12.5 Å². The minimum Gasteiger partial charge on any atom is -0.497 e. The number of aromatic nitrogens is 2. The van der Waals surface area contributed by atoms with E-state index in [4.69, 9.17) is 9.47 Å². The summed E-state index contributed by atoms with van der Waals surface area (Å²) in [7, 11) is 5.06. The third-order valence-corrected chi connectivity index (χ3v) is 5.69. The molecule has 2 unspecified atom stereocenters. The number of ether oxygens (including phenoxy) is 2. The lowest BCUT2D eigenvalue weighted by Crippen LogP contribution is -2.37. The SMILES string of the molecule is COc1cccc(C(NC(=O)C2CC(=O)N(c3cccc(OC)c3)C2)c2nccn2C)c1. The third kappa shape index (κ3) is 4.30. The number of nitrogens with zero attached hydrogens (tertiary/aromatic N) is 3. The lowest BCUT2D eigenvalue weighted by molar-refractivity contribution is -0.126. The van der Waals surface area contributed by atoms with E-state index in [1.807, 2.05) is 60.3 Å². The van der Waals surface area contributed by atoms with E-state index in [1.54, 1.807) is 31.4 Å². The number of amides is 2. The largest absolute Gasteiger partial charge is 0.497 e. The summed E-state index contributed by atoms with van der Waals surface area (Å²) in [6.45, 7) is 0.309. The maximum Gasteiger partial charge on any atom is 0.227 e. The lowest BCUT2D eigenvalue weighted by Gasteiger charge is -2.22. The van der Waals surface area contributed by atoms with Crippen LogP contribution in [0.5, 0.6) is 11.5 Å².